The van der Waals surface area contributed by atoms with Gasteiger partial charge in [-0.2, -0.15) is 17.0 Å². The molecule has 1 aliphatic carbocycles. The predicted molar refractivity (Wildman–Crippen MR) is 97.0 cm³/mol. The summed E-state index contributed by atoms with van der Waals surface area (Å²) in [5.41, 5.74) is 0.367. The Balaban J connectivity index is 1.72. The van der Waals surface area contributed by atoms with Crippen molar-refractivity contribution in [2.24, 2.45) is 0 Å². The highest BCUT2D eigenvalue weighted by Gasteiger charge is 2.30. The SMILES string of the molecule is CN(C1CCCCC1)S(=O)(=O)c1ccc(NS(=O)(=O)N2CCC2)cc1. The van der Waals surface area contributed by atoms with Crippen LogP contribution in [0, 0.1) is 0 Å². The topological polar surface area (TPSA) is 86.8 Å². The minimum absolute atomic E-state index is 0.0448. The first-order valence-corrected chi connectivity index (χ1v) is 11.5. The molecular formula is C16H25N3O4S2. The minimum atomic E-state index is -3.56. The fourth-order valence-corrected chi connectivity index (χ4v) is 5.96. The van der Waals surface area contributed by atoms with E-state index >= 15 is 0 Å². The van der Waals surface area contributed by atoms with Crippen molar-refractivity contribution in [1.82, 2.24) is 8.61 Å². The lowest BCUT2D eigenvalue weighted by molar-refractivity contribution is 0.286. The molecule has 140 valence electrons. The molecule has 2 aliphatic rings. The summed E-state index contributed by atoms with van der Waals surface area (Å²) in [6, 6.07) is 5.96. The van der Waals surface area contributed by atoms with Gasteiger partial charge in [0.25, 0.3) is 0 Å². The molecule has 0 unspecified atom stereocenters. The lowest BCUT2D eigenvalue weighted by atomic mass is 9.96. The van der Waals surface area contributed by atoms with Crippen molar-refractivity contribution in [3.05, 3.63) is 24.3 Å². The second-order valence-corrected chi connectivity index (χ2v) is 10.4. The Morgan fingerprint density at radius 3 is 2.08 bits per heavy atom. The summed E-state index contributed by atoms with van der Waals surface area (Å²) in [5.74, 6) is 0. The Kier molecular flexibility index (Phi) is 5.38. The Bertz CT molecular complexity index is 796. The molecule has 25 heavy (non-hydrogen) atoms. The second-order valence-electron chi connectivity index (χ2n) is 6.70. The maximum Gasteiger partial charge on any atom is 0.301 e. The normalized spacial score (nSPS) is 20.4. The molecule has 1 saturated heterocycles. The van der Waals surface area contributed by atoms with Crippen LogP contribution in [-0.2, 0) is 20.2 Å². The van der Waals surface area contributed by atoms with Gasteiger partial charge in [-0.25, -0.2) is 8.42 Å². The van der Waals surface area contributed by atoms with Crippen LogP contribution in [0.2, 0.25) is 0 Å². The number of sulfonamides is 1. The van der Waals surface area contributed by atoms with E-state index < -0.39 is 20.2 Å². The van der Waals surface area contributed by atoms with E-state index in [4.69, 9.17) is 0 Å². The van der Waals surface area contributed by atoms with Crippen LogP contribution in [0.25, 0.3) is 0 Å². The fourth-order valence-electron chi connectivity index (χ4n) is 3.24. The first-order chi connectivity index (χ1) is 11.8. The summed E-state index contributed by atoms with van der Waals surface area (Å²) >= 11 is 0. The highest BCUT2D eigenvalue weighted by atomic mass is 32.2. The van der Waals surface area contributed by atoms with Gasteiger partial charge >= 0.3 is 10.2 Å². The molecule has 1 aromatic carbocycles. The number of benzene rings is 1. The maximum absolute atomic E-state index is 12.8. The average molecular weight is 388 g/mol. The molecular weight excluding hydrogens is 362 g/mol. The fraction of sp³-hybridized carbons (Fsp3) is 0.625. The van der Waals surface area contributed by atoms with Gasteiger partial charge in [0.15, 0.2) is 0 Å². The number of nitrogens with zero attached hydrogens (tertiary/aromatic N) is 2. The van der Waals surface area contributed by atoms with E-state index in [1.54, 1.807) is 7.05 Å². The summed E-state index contributed by atoms with van der Waals surface area (Å²) in [5, 5.41) is 0. The van der Waals surface area contributed by atoms with E-state index in [-0.39, 0.29) is 10.9 Å². The third-order valence-electron chi connectivity index (χ3n) is 5.02. The number of hydrogen-bond donors (Lipinski definition) is 1. The van der Waals surface area contributed by atoms with Gasteiger partial charge in [0.1, 0.15) is 0 Å². The zero-order valence-electron chi connectivity index (χ0n) is 14.4. The lowest BCUT2D eigenvalue weighted by Gasteiger charge is -2.30. The smallest absolute Gasteiger partial charge is 0.271 e. The molecule has 2 fully saturated rings. The highest BCUT2D eigenvalue weighted by Crippen LogP contribution is 2.27. The molecule has 0 spiro atoms. The molecule has 3 rings (SSSR count). The summed E-state index contributed by atoms with van der Waals surface area (Å²) < 4.78 is 55.0. The Labute approximate surface area is 150 Å². The van der Waals surface area contributed by atoms with Gasteiger partial charge in [0.05, 0.1) is 4.90 Å². The van der Waals surface area contributed by atoms with Crippen LogP contribution < -0.4 is 4.72 Å². The van der Waals surface area contributed by atoms with Crippen LogP contribution in [0.15, 0.2) is 29.2 Å². The van der Waals surface area contributed by atoms with Crippen LogP contribution in [0.4, 0.5) is 5.69 Å². The second kappa shape index (κ2) is 7.22. The van der Waals surface area contributed by atoms with E-state index in [1.165, 1.54) is 32.9 Å². The van der Waals surface area contributed by atoms with Gasteiger partial charge < -0.3 is 0 Å². The summed E-state index contributed by atoms with van der Waals surface area (Å²) in [7, 11) is -5.47. The van der Waals surface area contributed by atoms with E-state index in [0.29, 0.717) is 18.8 Å². The molecule has 7 nitrogen and oxygen atoms in total. The molecule has 0 aromatic heterocycles. The van der Waals surface area contributed by atoms with Crippen molar-refractivity contribution < 1.29 is 16.8 Å². The number of rotatable bonds is 6. The lowest BCUT2D eigenvalue weighted by Crippen LogP contribution is -2.45. The molecule has 9 heteroatoms. The van der Waals surface area contributed by atoms with Crippen molar-refractivity contribution in [2.45, 2.75) is 49.5 Å². The standard InChI is InChI=1S/C16H25N3O4S2/c1-18(15-6-3-2-4-7-15)24(20,21)16-10-8-14(9-11-16)17-25(22,23)19-12-5-13-19/h8-11,15,17H,2-7,12-13H2,1H3. The van der Waals surface area contributed by atoms with Crippen molar-refractivity contribution in [2.75, 3.05) is 24.9 Å². The van der Waals surface area contributed by atoms with Crippen molar-refractivity contribution in [1.29, 1.82) is 0 Å². The zero-order valence-corrected chi connectivity index (χ0v) is 16.0. The van der Waals surface area contributed by atoms with Gasteiger partial charge in [0.2, 0.25) is 10.0 Å². The molecule has 1 heterocycles. The van der Waals surface area contributed by atoms with Gasteiger partial charge in [-0.3, -0.25) is 4.72 Å². The molecule has 0 amide bonds. The molecule has 1 saturated carbocycles. The maximum atomic E-state index is 12.8. The number of nitrogens with one attached hydrogen (secondary N) is 1. The van der Waals surface area contributed by atoms with Gasteiger partial charge in [0, 0.05) is 31.9 Å². The quantitative estimate of drug-likeness (QED) is 0.809. The third kappa shape index (κ3) is 3.99. The molecule has 1 aliphatic heterocycles. The molecule has 0 radical (unpaired) electrons. The van der Waals surface area contributed by atoms with Crippen LogP contribution >= 0.6 is 0 Å². The number of hydrogen-bond acceptors (Lipinski definition) is 4. The summed E-state index contributed by atoms with van der Waals surface area (Å²) in [6.07, 6.45) is 5.93. The van der Waals surface area contributed by atoms with Gasteiger partial charge in [-0.15, -0.1) is 0 Å². The minimum Gasteiger partial charge on any atom is -0.271 e. The molecule has 0 atom stereocenters. The first-order valence-electron chi connectivity index (χ1n) is 8.67. The largest absolute Gasteiger partial charge is 0.301 e. The molecule has 1 aromatic rings. The first kappa shape index (κ1) is 18.6. The monoisotopic (exact) mass is 387 g/mol. The average Bonchev–Trinajstić information content (AvgIpc) is 2.53. The Morgan fingerprint density at radius 1 is 0.960 bits per heavy atom. The number of anilines is 1. The Morgan fingerprint density at radius 2 is 1.56 bits per heavy atom. The van der Waals surface area contributed by atoms with Crippen LogP contribution in [0.3, 0.4) is 0 Å². The summed E-state index contributed by atoms with van der Waals surface area (Å²) in [4.78, 5) is 0.187. The van der Waals surface area contributed by atoms with Crippen molar-refractivity contribution in [3.63, 3.8) is 0 Å². The van der Waals surface area contributed by atoms with Crippen LogP contribution in [0.1, 0.15) is 38.5 Å². The Hall–Kier alpha value is -1.16. The molecule has 1 N–H and O–H groups in total. The van der Waals surface area contributed by atoms with E-state index in [2.05, 4.69) is 4.72 Å². The third-order valence-corrected chi connectivity index (χ3v) is 8.48. The predicted octanol–water partition coefficient (Wildman–Crippen LogP) is 2.00. The van der Waals surface area contributed by atoms with E-state index in [9.17, 15) is 16.8 Å². The zero-order chi connectivity index (χ0) is 18.1. The van der Waals surface area contributed by atoms with E-state index in [0.717, 1.165) is 38.5 Å². The van der Waals surface area contributed by atoms with Gasteiger partial charge in [-0.05, 0) is 43.5 Å². The van der Waals surface area contributed by atoms with Crippen molar-refractivity contribution >= 4 is 25.9 Å². The van der Waals surface area contributed by atoms with Crippen molar-refractivity contribution in [3.8, 4) is 0 Å². The molecule has 0 bridgehead atoms. The highest BCUT2D eigenvalue weighted by molar-refractivity contribution is 7.90. The van der Waals surface area contributed by atoms with Gasteiger partial charge in [-0.1, -0.05) is 19.3 Å². The summed E-state index contributed by atoms with van der Waals surface area (Å²) in [6.45, 7) is 1.04. The van der Waals surface area contributed by atoms with E-state index in [1.807, 2.05) is 0 Å². The van der Waals surface area contributed by atoms with Crippen LogP contribution in [-0.4, -0.2) is 51.6 Å². The van der Waals surface area contributed by atoms with Crippen LogP contribution in [0.5, 0.6) is 0 Å².